The van der Waals surface area contributed by atoms with Gasteiger partial charge in [0.25, 0.3) is 0 Å². The zero-order chi connectivity index (χ0) is 20.6. The molecule has 0 bridgehead atoms. The van der Waals surface area contributed by atoms with E-state index in [4.69, 9.17) is 4.74 Å². The number of nitrogens with one attached hydrogen (secondary N) is 2. The van der Waals surface area contributed by atoms with E-state index in [1.165, 1.54) is 0 Å². The molecule has 3 heterocycles. The van der Waals surface area contributed by atoms with Crippen LogP contribution in [0, 0.1) is 12.8 Å². The van der Waals surface area contributed by atoms with Gasteiger partial charge in [0.1, 0.15) is 16.8 Å². The first kappa shape index (κ1) is 19.8. The molecule has 1 atom stereocenters. The summed E-state index contributed by atoms with van der Waals surface area (Å²) < 4.78 is 5.50. The number of nitrogens with zero attached hydrogens (tertiary/aromatic N) is 3. The number of hydrogen-bond acceptors (Lipinski definition) is 5. The van der Waals surface area contributed by atoms with Crippen molar-refractivity contribution in [1.29, 1.82) is 0 Å². The summed E-state index contributed by atoms with van der Waals surface area (Å²) in [4.78, 5) is 24.6. The molecule has 8 heteroatoms. The van der Waals surface area contributed by atoms with Crippen molar-refractivity contribution in [3.05, 3.63) is 19.1 Å². The van der Waals surface area contributed by atoms with Gasteiger partial charge in [0.05, 0.1) is 18.4 Å². The molecule has 1 unspecified atom stereocenters. The Bertz CT molecular complexity index is 884. The number of likely N-dealkylation sites (tertiary alicyclic amines) is 1. The number of H-pyrrole nitrogens is 1. The highest BCUT2D eigenvalue weighted by Crippen LogP contribution is 2.35. The monoisotopic (exact) mass is 400 g/mol. The van der Waals surface area contributed by atoms with Crippen LogP contribution >= 0.6 is 0 Å². The number of fused-ring (bicyclic) bond motifs is 1. The molecule has 1 radical (unpaired) electrons. The number of imidazole rings is 1. The van der Waals surface area contributed by atoms with Gasteiger partial charge in [0.15, 0.2) is 0 Å². The average Bonchev–Trinajstić information content (AvgIpc) is 3.10. The lowest BCUT2D eigenvalue weighted by Gasteiger charge is -2.35. The topological polar surface area (TPSA) is 93.7 Å². The number of rotatable bonds is 3. The number of hydrogen-bond donors (Lipinski definition) is 3. The summed E-state index contributed by atoms with van der Waals surface area (Å²) in [5.74, 6) is 1.49. The van der Waals surface area contributed by atoms with E-state index in [1.807, 2.05) is 19.1 Å². The highest BCUT2D eigenvalue weighted by molar-refractivity contribution is 5.97. The molecule has 29 heavy (non-hydrogen) atoms. The fourth-order valence-corrected chi connectivity index (χ4v) is 4.19. The van der Waals surface area contributed by atoms with E-state index in [-0.39, 0.29) is 6.03 Å². The van der Waals surface area contributed by atoms with Crippen LogP contribution in [0.5, 0.6) is 5.75 Å². The summed E-state index contributed by atoms with van der Waals surface area (Å²) in [6, 6.07) is 3.75. The van der Waals surface area contributed by atoms with E-state index in [2.05, 4.69) is 27.1 Å². The molecule has 2 amide bonds. The van der Waals surface area contributed by atoms with Crippen molar-refractivity contribution < 1.29 is 14.6 Å². The molecule has 1 aromatic heterocycles. The van der Waals surface area contributed by atoms with E-state index in [0.717, 1.165) is 42.7 Å². The van der Waals surface area contributed by atoms with Gasteiger partial charge in [-0.1, -0.05) is 0 Å². The Hall–Kier alpha value is -2.48. The lowest BCUT2D eigenvalue weighted by Crippen LogP contribution is -2.46. The number of amides is 2. The van der Waals surface area contributed by atoms with Gasteiger partial charge in [-0.3, -0.25) is 5.32 Å². The summed E-state index contributed by atoms with van der Waals surface area (Å²) in [5.41, 5.74) is 1.89. The zero-order valence-corrected chi connectivity index (χ0v) is 17.2. The maximum Gasteiger partial charge on any atom is 0.324 e. The van der Waals surface area contributed by atoms with Crippen LogP contribution in [0.15, 0.2) is 12.1 Å². The Kier molecular flexibility index (Phi) is 5.29. The predicted octanol–water partition coefficient (Wildman–Crippen LogP) is 3.00. The first-order chi connectivity index (χ1) is 13.9. The number of methoxy groups -OCH3 is 1. The van der Waals surface area contributed by atoms with E-state index in [0.29, 0.717) is 43.5 Å². The molecule has 4 rings (SSSR count). The molecule has 2 aliphatic heterocycles. The maximum absolute atomic E-state index is 12.7. The Morgan fingerprint density at radius 1 is 1.38 bits per heavy atom. The number of carbonyl (C=O) groups excluding carboxylic acids is 1. The molecule has 2 saturated heterocycles. The Labute approximate surface area is 171 Å². The molecule has 8 nitrogen and oxygen atoms in total. The van der Waals surface area contributed by atoms with E-state index in [1.54, 1.807) is 12.0 Å². The minimum absolute atomic E-state index is 0.212. The fraction of sp³-hybridized carbons (Fsp3) is 0.571. The van der Waals surface area contributed by atoms with Crippen molar-refractivity contribution in [2.45, 2.75) is 38.2 Å². The van der Waals surface area contributed by atoms with Gasteiger partial charge >= 0.3 is 6.03 Å². The molecule has 2 aromatic rings. The van der Waals surface area contributed by atoms with Gasteiger partial charge in [0, 0.05) is 26.2 Å². The van der Waals surface area contributed by atoms with Crippen molar-refractivity contribution in [3.8, 4) is 5.75 Å². The normalized spacial score (nSPS) is 22.0. The van der Waals surface area contributed by atoms with Crippen LogP contribution in [0.2, 0.25) is 0 Å². The average molecular weight is 401 g/mol. The second-order valence-electron chi connectivity index (χ2n) is 8.46. The lowest BCUT2D eigenvalue weighted by atomic mass is 9.94. The lowest BCUT2D eigenvalue weighted by molar-refractivity contribution is 0.00569. The van der Waals surface area contributed by atoms with Gasteiger partial charge in [-0.25, -0.2) is 9.78 Å². The van der Waals surface area contributed by atoms with Crippen molar-refractivity contribution in [2.75, 3.05) is 43.5 Å². The summed E-state index contributed by atoms with van der Waals surface area (Å²) >= 11 is 0. The SMILES string of the molecule is [CH2]C1CCCN(c2ccc(OC)c3[nH]c(NC(=O)N4CCC(C)(O)CC4)nc23)C1. The number of aromatic nitrogens is 2. The molecule has 2 fully saturated rings. The quantitative estimate of drug-likeness (QED) is 0.736. The van der Waals surface area contributed by atoms with Crippen molar-refractivity contribution in [2.24, 2.45) is 5.92 Å². The molecule has 0 spiro atoms. The number of aromatic amines is 1. The molecule has 0 aliphatic carbocycles. The highest BCUT2D eigenvalue weighted by Gasteiger charge is 2.30. The van der Waals surface area contributed by atoms with E-state index in [9.17, 15) is 9.90 Å². The van der Waals surface area contributed by atoms with Crippen LogP contribution in [0.3, 0.4) is 0 Å². The number of aliphatic hydroxyl groups is 1. The summed E-state index contributed by atoms with van der Waals surface area (Å²) in [6.07, 6.45) is 3.38. The zero-order valence-electron chi connectivity index (χ0n) is 17.2. The largest absolute Gasteiger partial charge is 0.494 e. The van der Waals surface area contributed by atoms with Gasteiger partial charge < -0.3 is 24.6 Å². The van der Waals surface area contributed by atoms with Crippen LogP contribution in [0.1, 0.15) is 32.6 Å². The predicted molar refractivity (Wildman–Crippen MR) is 113 cm³/mol. The third-order valence-corrected chi connectivity index (χ3v) is 6.02. The second-order valence-corrected chi connectivity index (χ2v) is 8.46. The van der Waals surface area contributed by atoms with E-state index >= 15 is 0 Å². The van der Waals surface area contributed by atoms with Gasteiger partial charge in [-0.15, -0.1) is 0 Å². The first-order valence-corrected chi connectivity index (χ1v) is 10.3. The molecular weight excluding hydrogens is 370 g/mol. The number of anilines is 2. The van der Waals surface area contributed by atoms with Crippen LogP contribution < -0.4 is 15.0 Å². The summed E-state index contributed by atoms with van der Waals surface area (Å²) in [5, 5.41) is 13.0. The summed E-state index contributed by atoms with van der Waals surface area (Å²) in [6.45, 7) is 8.93. The van der Waals surface area contributed by atoms with Crippen LogP contribution in [0.4, 0.5) is 16.4 Å². The van der Waals surface area contributed by atoms with E-state index < -0.39 is 5.60 Å². The maximum atomic E-state index is 12.7. The van der Waals surface area contributed by atoms with Crippen molar-refractivity contribution >= 4 is 28.7 Å². The van der Waals surface area contributed by atoms with Gasteiger partial charge in [-0.05, 0) is 57.6 Å². The smallest absolute Gasteiger partial charge is 0.324 e. The third-order valence-electron chi connectivity index (χ3n) is 6.02. The van der Waals surface area contributed by atoms with Crippen molar-refractivity contribution in [1.82, 2.24) is 14.9 Å². The molecule has 0 saturated carbocycles. The molecule has 1 aromatic carbocycles. The number of piperidine rings is 2. The van der Waals surface area contributed by atoms with Gasteiger partial charge in [-0.2, -0.15) is 0 Å². The standard InChI is InChI=1S/C21H30N5O3/c1-14-5-4-10-26(13-14)15-6-7-16(29-3)18-17(15)22-19(23-18)24-20(27)25-11-8-21(2,28)9-12-25/h6-7,14,28H,1,4-5,8-13H2,2-3H3,(H2,22,23,24,27). The molecule has 157 valence electrons. The van der Waals surface area contributed by atoms with Crippen LogP contribution in [-0.2, 0) is 0 Å². The summed E-state index contributed by atoms with van der Waals surface area (Å²) in [7, 11) is 1.63. The molecule has 2 aliphatic rings. The third kappa shape index (κ3) is 4.12. The second kappa shape index (κ2) is 7.74. The molecule has 3 N–H and O–H groups in total. The minimum Gasteiger partial charge on any atom is -0.494 e. The van der Waals surface area contributed by atoms with Crippen LogP contribution in [-0.4, -0.2) is 64.9 Å². The number of benzene rings is 1. The highest BCUT2D eigenvalue weighted by atomic mass is 16.5. The van der Waals surface area contributed by atoms with Crippen molar-refractivity contribution in [3.63, 3.8) is 0 Å². The Morgan fingerprint density at radius 3 is 2.83 bits per heavy atom. The number of urea groups is 1. The van der Waals surface area contributed by atoms with Crippen LogP contribution in [0.25, 0.3) is 11.0 Å². The fourth-order valence-electron chi connectivity index (χ4n) is 4.19. The first-order valence-electron chi connectivity index (χ1n) is 10.3. The Balaban J connectivity index is 1.57. The number of carbonyl (C=O) groups is 1. The Morgan fingerprint density at radius 2 is 2.14 bits per heavy atom. The van der Waals surface area contributed by atoms with Gasteiger partial charge in [0.2, 0.25) is 5.95 Å². The molecular formula is C21H30N5O3. The minimum atomic E-state index is -0.696. The number of ether oxygens (including phenoxy) is 1.